The van der Waals surface area contributed by atoms with Gasteiger partial charge in [0.1, 0.15) is 12.2 Å². The first-order chi connectivity index (χ1) is 22.9. The normalized spacial score (nSPS) is 13.8. The van der Waals surface area contributed by atoms with Crippen LogP contribution in [0.25, 0.3) is 0 Å². The van der Waals surface area contributed by atoms with Crippen molar-refractivity contribution in [2.24, 2.45) is 0 Å². The maximum atomic E-state index is 11.6. The zero-order valence-electron chi connectivity index (χ0n) is 32.4. The van der Waals surface area contributed by atoms with Crippen LogP contribution in [0.4, 0.5) is 0 Å². The lowest BCUT2D eigenvalue weighted by Crippen LogP contribution is -2.58. The van der Waals surface area contributed by atoms with Crippen molar-refractivity contribution in [1.82, 2.24) is 0 Å². The van der Waals surface area contributed by atoms with Gasteiger partial charge in [-0.2, -0.15) is 0 Å². The van der Waals surface area contributed by atoms with Crippen LogP contribution < -0.4 is 0 Å². The van der Waals surface area contributed by atoms with Crippen molar-refractivity contribution >= 4 is 0 Å². The fraction of sp³-hybridized carbons (Fsp3) is 1.00. The Labute approximate surface area is 294 Å². The maximum Gasteiger partial charge on any atom is 0.106 e. The molecule has 4 N–H and O–H groups in total. The molecule has 0 aliphatic heterocycles. The first-order valence-corrected chi connectivity index (χ1v) is 21.2. The van der Waals surface area contributed by atoms with Crippen LogP contribution in [0.3, 0.4) is 0 Å². The summed E-state index contributed by atoms with van der Waals surface area (Å²) in [5.74, 6) is 0. The van der Waals surface area contributed by atoms with E-state index in [0.717, 1.165) is 51.4 Å². The zero-order chi connectivity index (χ0) is 34.9. The highest BCUT2D eigenvalue weighted by Gasteiger charge is 2.48. The molecule has 0 fully saturated rings. The fourth-order valence-corrected chi connectivity index (χ4v) is 7.52. The molecule has 0 aliphatic carbocycles. The molecule has 0 bridgehead atoms. The van der Waals surface area contributed by atoms with E-state index in [1.807, 2.05) is 0 Å². The quantitative estimate of drug-likeness (QED) is 0.0491. The Morgan fingerprint density at radius 2 is 0.532 bits per heavy atom. The number of aliphatic hydroxyl groups is 4. The predicted octanol–water partition coefficient (Wildman–Crippen LogP) is 11.7. The third-order valence-electron chi connectivity index (χ3n) is 10.8. The van der Waals surface area contributed by atoms with E-state index < -0.39 is 23.4 Å². The summed E-state index contributed by atoms with van der Waals surface area (Å²) in [7, 11) is 0. The molecular formula is C42H86O5. The van der Waals surface area contributed by atoms with Crippen molar-refractivity contribution in [3.8, 4) is 0 Å². The van der Waals surface area contributed by atoms with Crippen molar-refractivity contribution in [3.63, 3.8) is 0 Å². The van der Waals surface area contributed by atoms with E-state index in [1.165, 1.54) is 128 Å². The van der Waals surface area contributed by atoms with E-state index in [0.29, 0.717) is 25.7 Å². The van der Waals surface area contributed by atoms with Gasteiger partial charge in [-0.1, -0.05) is 207 Å². The van der Waals surface area contributed by atoms with Gasteiger partial charge in [0.2, 0.25) is 0 Å². The molecule has 284 valence electrons. The lowest BCUT2D eigenvalue weighted by molar-refractivity contribution is -0.253. The molecule has 0 aromatic rings. The van der Waals surface area contributed by atoms with Crippen molar-refractivity contribution in [2.45, 2.75) is 257 Å². The van der Waals surface area contributed by atoms with Gasteiger partial charge in [-0.05, 0) is 25.7 Å². The van der Waals surface area contributed by atoms with Gasteiger partial charge >= 0.3 is 0 Å². The number of unbranched alkanes of at least 4 members (excludes halogenated alkanes) is 24. The summed E-state index contributed by atoms with van der Waals surface area (Å²) in [5.41, 5.74) is -1.83. The van der Waals surface area contributed by atoms with Crippen LogP contribution in [0.15, 0.2) is 0 Å². The summed E-state index contributed by atoms with van der Waals surface area (Å²) < 4.78 is 7.29. The molecule has 0 radical (unpaired) electrons. The average molecular weight is 671 g/mol. The summed E-state index contributed by atoms with van der Waals surface area (Å²) in [5, 5.41) is 44.1. The van der Waals surface area contributed by atoms with Crippen molar-refractivity contribution in [2.75, 3.05) is 13.2 Å². The summed E-state index contributed by atoms with van der Waals surface area (Å²) in [6.07, 6.45) is 33.8. The predicted molar refractivity (Wildman–Crippen MR) is 203 cm³/mol. The highest BCUT2D eigenvalue weighted by Crippen LogP contribution is 2.41. The van der Waals surface area contributed by atoms with Crippen LogP contribution in [-0.2, 0) is 4.74 Å². The molecule has 0 saturated carbocycles. The van der Waals surface area contributed by atoms with E-state index >= 15 is 0 Å². The Hall–Kier alpha value is -0.200. The van der Waals surface area contributed by atoms with Gasteiger partial charge < -0.3 is 25.2 Å². The molecule has 5 heteroatoms. The lowest BCUT2D eigenvalue weighted by Gasteiger charge is -2.48. The van der Waals surface area contributed by atoms with Crippen molar-refractivity contribution in [3.05, 3.63) is 0 Å². The molecule has 0 rings (SSSR count). The van der Waals surface area contributed by atoms with Crippen LogP contribution in [0, 0.1) is 0 Å². The Balaban J connectivity index is 6.05. The molecule has 0 aromatic carbocycles. The first kappa shape index (κ1) is 46.8. The molecule has 2 unspecified atom stereocenters. The first-order valence-electron chi connectivity index (χ1n) is 21.2. The zero-order valence-corrected chi connectivity index (χ0v) is 32.4. The molecule has 0 heterocycles. The Kier molecular flexibility index (Phi) is 32.8. The van der Waals surface area contributed by atoms with Gasteiger partial charge in [0.15, 0.2) is 0 Å². The van der Waals surface area contributed by atoms with Crippen LogP contribution in [0.1, 0.15) is 233 Å². The number of rotatable bonds is 38. The van der Waals surface area contributed by atoms with Crippen LogP contribution in [0.2, 0.25) is 0 Å². The Morgan fingerprint density at radius 3 is 0.723 bits per heavy atom. The topological polar surface area (TPSA) is 90.2 Å². The smallest absolute Gasteiger partial charge is 0.106 e. The van der Waals surface area contributed by atoms with Crippen LogP contribution in [0.5, 0.6) is 0 Å². The molecular weight excluding hydrogens is 584 g/mol. The lowest BCUT2D eigenvalue weighted by atomic mass is 9.79. The Morgan fingerprint density at radius 1 is 0.340 bits per heavy atom. The summed E-state index contributed by atoms with van der Waals surface area (Å²) >= 11 is 0. The maximum absolute atomic E-state index is 11.6. The molecule has 0 spiro atoms. The number of aliphatic hydroxyl groups excluding tert-OH is 4. The molecule has 0 saturated heterocycles. The van der Waals surface area contributed by atoms with E-state index in [9.17, 15) is 20.4 Å². The fourth-order valence-electron chi connectivity index (χ4n) is 7.52. The third kappa shape index (κ3) is 23.0. The van der Waals surface area contributed by atoms with Crippen LogP contribution in [-0.4, -0.2) is 57.0 Å². The second-order valence-corrected chi connectivity index (χ2v) is 15.1. The largest absolute Gasteiger partial charge is 0.394 e. The Bertz CT molecular complexity index is 538. The minimum Gasteiger partial charge on any atom is -0.394 e. The van der Waals surface area contributed by atoms with E-state index in [2.05, 4.69) is 27.7 Å². The van der Waals surface area contributed by atoms with E-state index in [4.69, 9.17) is 4.74 Å². The van der Waals surface area contributed by atoms with E-state index in [-0.39, 0.29) is 13.2 Å². The van der Waals surface area contributed by atoms with Crippen molar-refractivity contribution < 1.29 is 25.2 Å². The molecule has 47 heavy (non-hydrogen) atoms. The van der Waals surface area contributed by atoms with Gasteiger partial charge in [-0.25, -0.2) is 0 Å². The van der Waals surface area contributed by atoms with Gasteiger partial charge in [-0.3, -0.25) is 0 Å². The minimum absolute atomic E-state index is 0.340. The molecule has 0 aliphatic rings. The number of ether oxygens (including phenoxy) is 1. The van der Waals surface area contributed by atoms with Gasteiger partial charge in [-0.15, -0.1) is 0 Å². The molecule has 2 atom stereocenters. The standard InChI is InChI=1S/C42H86O5/c1-5-9-13-17-21-25-29-33-41(39(45)37-43,34-30-26-22-18-14-10-6-2)47-42(40(46)38-44,35-31-27-23-19-15-11-7-3)36-32-28-24-20-16-12-8-4/h39-40,43-46H,5-38H2,1-4H3. The van der Waals surface area contributed by atoms with Gasteiger partial charge in [0.25, 0.3) is 0 Å². The molecule has 5 nitrogen and oxygen atoms in total. The summed E-state index contributed by atoms with van der Waals surface area (Å²) in [4.78, 5) is 0. The number of hydrogen-bond donors (Lipinski definition) is 4. The molecule has 0 amide bonds. The summed E-state index contributed by atoms with van der Waals surface area (Å²) in [6.45, 7) is 8.31. The van der Waals surface area contributed by atoms with E-state index in [1.54, 1.807) is 0 Å². The highest BCUT2D eigenvalue weighted by atomic mass is 16.6. The highest BCUT2D eigenvalue weighted by molar-refractivity contribution is 4.97. The second kappa shape index (κ2) is 33.0. The van der Waals surface area contributed by atoms with Gasteiger partial charge in [0, 0.05) is 0 Å². The summed E-state index contributed by atoms with van der Waals surface area (Å²) in [6, 6.07) is 0. The van der Waals surface area contributed by atoms with Crippen molar-refractivity contribution in [1.29, 1.82) is 0 Å². The second-order valence-electron chi connectivity index (χ2n) is 15.1. The minimum atomic E-state index is -1.00. The molecule has 0 aromatic heterocycles. The average Bonchev–Trinajstić information content (AvgIpc) is 3.08. The number of hydrogen-bond acceptors (Lipinski definition) is 5. The SMILES string of the molecule is CCCCCCCCCC(CCCCCCCCC)(OC(CCCCCCCCC)(CCCCCCCCC)C(O)CO)C(O)CO. The van der Waals surface area contributed by atoms with Gasteiger partial charge in [0.05, 0.1) is 24.4 Å². The van der Waals surface area contributed by atoms with Crippen LogP contribution >= 0.6 is 0 Å². The third-order valence-corrected chi connectivity index (χ3v) is 10.8. The monoisotopic (exact) mass is 671 g/mol.